The minimum atomic E-state index is 0.172. The molecule has 0 fully saturated rings. The number of nitrogen functional groups attached to an aromatic ring is 1. The molecule has 0 saturated heterocycles. The SMILES string of the molecule is CC(N)CC(C)(C)Cc1cccnc1N. The molecule has 1 atom stereocenters. The van der Waals surface area contributed by atoms with Crippen molar-refractivity contribution >= 4 is 5.82 Å². The minimum Gasteiger partial charge on any atom is -0.383 e. The molecule has 1 unspecified atom stereocenters. The summed E-state index contributed by atoms with van der Waals surface area (Å²) in [5.74, 6) is 0.634. The lowest BCUT2D eigenvalue weighted by molar-refractivity contribution is 0.309. The molecule has 1 aromatic rings. The molecule has 1 aromatic heterocycles. The van der Waals surface area contributed by atoms with Gasteiger partial charge in [0.15, 0.2) is 0 Å². The average molecular weight is 207 g/mol. The van der Waals surface area contributed by atoms with Gasteiger partial charge in [-0.2, -0.15) is 0 Å². The van der Waals surface area contributed by atoms with Crippen LogP contribution in [0, 0.1) is 5.41 Å². The number of pyridine rings is 1. The van der Waals surface area contributed by atoms with Gasteiger partial charge in [-0.3, -0.25) is 0 Å². The van der Waals surface area contributed by atoms with E-state index in [0.29, 0.717) is 5.82 Å². The highest BCUT2D eigenvalue weighted by atomic mass is 14.8. The second kappa shape index (κ2) is 4.62. The number of hydrogen-bond donors (Lipinski definition) is 2. The first-order valence-electron chi connectivity index (χ1n) is 5.36. The van der Waals surface area contributed by atoms with E-state index in [1.807, 2.05) is 19.1 Å². The molecule has 3 nitrogen and oxygen atoms in total. The number of nitrogens with zero attached hydrogens (tertiary/aromatic N) is 1. The van der Waals surface area contributed by atoms with Crippen LogP contribution in [0.3, 0.4) is 0 Å². The van der Waals surface area contributed by atoms with Gasteiger partial charge < -0.3 is 11.5 Å². The summed E-state index contributed by atoms with van der Waals surface area (Å²) in [5, 5.41) is 0. The van der Waals surface area contributed by atoms with Crippen molar-refractivity contribution in [3.05, 3.63) is 23.9 Å². The fourth-order valence-corrected chi connectivity index (χ4v) is 2.06. The topological polar surface area (TPSA) is 64.9 Å². The maximum Gasteiger partial charge on any atom is 0.126 e. The Labute approximate surface area is 91.9 Å². The van der Waals surface area contributed by atoms with Gasteiger partial charge in [-0.25, -0.2) is 4.98 Å². The Hall–Kier alpha value is -1.09. The number of nitrogens with two attached hydrogens (primary N) is 2. The molecule has 0 radical (unpaired) electrons. The largest absolute Gasteiger partial charge is 0.383 e. The predicted octanol–water partition coefficient (Wildman–Crippen LogP) is 1.97. The number of aromatic nitrogens is 1. The van der Waals surface area contributed by atoms with Crippen LogP contribution in [0.5, 0.6) is 0 Å². The molecular weight excluding hydrogens is 186 g/mol. The van der Waals surface area contributed by atoms with E-state index in [2.05, 4.69) is 18.8 Å². The van der Waals surface area contributed by atoms with Crippen molar-refractivity contribution in [3.63, 3.8) is 0 Å². The number of hydrogen-bond acceptors (Lipinski definition) is 3. The van der Waals surface area contributed by atoms with Crippen molar-refractivity contribution in [3.8, 4) is 0 Å². The summed E-state index contributed by atoms with van der Waals surface area (Å²) >= 11 is 0. The molecule has 0 saturated carbocycles. The van der Waals surface area contributed by atoms with Crippen molar-refractivity contribution in [2.45, 2.75) is 39.7 Å². The van der Waals surface area contributed by atoms with Crippen LogP contribution in [0.1, 0.15) is 32.8 Å². The first kappa shape index (κ1) is 12.0. The van der Waals surface area contributed by atoms with Crippen molar-refractivity contribution in [2.75, 3.05) is 5.73 Å². The standard InChI is InChI=1S/C12H21N3/c1-9(13)7-12(2,3)8-10-5-4-6-15-11(10)14/h4-6,9H,7-8,13H2,1-3H3,(H2,14,15). The second-order valence-corrected chi connectivity index (χ2v) is 5.07. The molecule has 84 valence electrons. The van der Waals surface area contributed by atoms with E-state index >= 15 is 0 Å². The van der Waals surface area contributed by atoms with Crippen LogP contribution in [-0.4, -0.2) is 11.0 Å². The Balaban J connectivity index is 2.73. The van der Waals surface area contributed by atoms with Gasteiger partial charge in [0.2, 0.25) is 0 Å². The van der Waals surface area contributed by atoms with E-state index in [-0.39, 0.29) is 11.5 Å². The maximum atomic E-state index is 5.82. The third-order valence-electron chi connectivity index (χ3n) is 2.47. The van der Waals surface area contributed by atoms with Crippen LogP contribution < -0.4 is 11.5 Å². The first-order chi connectivity index (χ1) is 6.91. The Bertz CT molecular complexity index is 318. The van der Waals surface area contributed by atoms with Crippen LogP contribution in [0.2, 0.25) is 0 Å². The molecule has 15 heavy (non-hydrogen) atoms. The molecule has 0 aliphatic heterocycles. The summed E-state index contributed by atoms with van der Waals surface area (Å²) in [6.07, 6.45) is 3.63. The zero-order chi connectivity index (χ0) is 11.5. The molecule has 3 heteroatoms. The highest BCUT2D eigenvalue weighted by Gasteiger charge is 2.21. The van der Waals surface area contributed by atoms with Crippen molar-refractivity contribution in [1.82, 2.24) is 4.98 Å². The molecule has 0 aromatic carbocycles. The third kappa shape index (κ3) is 3.88. The summed E-state index contributed by atoms with van der Waals surface area (Å²) in [5.41, 5.74) is 12.9. The highest BCUT2D eigenvalue weighted by molar-refractivity contribution is 5.38. The second-order valence-electron chi connectivity index (χ2n) is 5.07. The van der Waals surface area contributed by atoms with E-state index in [0.717, 1.165) is 18.4 Å². The summed E-state index contributed by atoms with van der Waals surface area (Å²) in [7, 11) is 0. The van der Waals surface area contributed by atoms with Crippen LogP contribution in [0.4, 0.5) is 5.82 Å². The van der Waals surface area contributed by atoms with E-state index in [1.165, 1.54) is 0 Å². The molecule has 0 aliphatic rings. The summed E-state index contributed by atoms with van der Waals surface area (Å²) < 4.78 is 0. The molecule has 0 spiro atoms. The zero-order valence-corrected chi connectivity index (χ0v) is 9.83. The first-order valence-corrected chi connectivity index (χ1v) is 5.36. The molecular formula is C12H21N3. The molecule has 0 amide bonds. The lowest BCUT2D eigenvalue weighted by atomic mass is 9.80. The zero-order valence-electron chi connectivity index (χ0n) is 9.83. The molecule has 4 N–H and O–H groups in total. The molecule has 1 rings (SSSR count). The Morgan fingerprint density at radius 3 is 2.67 bits per heavy atom. The number of rotatable bonds is 4. The smallest absolute Gasteiger partial charge is 0.126 e. The third-order valence-corrected chi connectivity index (χ3v) is 2.47. The quantitative estimate of drug-likeness (QED) is 0.793. The van der Waals surface area contributed by atoms with Crippen LogP contribution in [0.15, 0.2) is 18.3 Å². The van der Waals surface area contributed by atoms with Gasteiger partial charge in [0.05, 0.1) is 0 Å². The lowest BCUT2D eigenvalue weighted by Gasteiger charge is -2.27. The van der Waals surface area contributed by atoms with Crippen molar-refractivity contribution in [1.29, 1.82) is 0 Å². The van der Waals surface area contributed by atoms with Crippen LogP contribution in [-0.2, 0) is 6.42 Å². The van der Waals surface area contributed by atoms with E-state index < -0.39 is 0 Å². The van der Waals surface area contributed by atoms with Gasteiger partial charge >= 0.3 is 0 Å². The van der Waals surface area contributed by atoms with Gasteiger partial charge in [-0.15, -0.1) is 0 Å². The van der Waals surface area contributed by atoms with E-state index in [4.69, 9.17) is 11.5 Å². The monoisotopic (exact) mass is 207 g/mol. The van der Waals surface area contributed by atoms with Gasteiger partial charge in [0.1, 0.15) is 5.82 Å². The molecule has 0 aliphatic carbocycles. The number of anilines is 1. The summed E-state index contributed by atoms with van der Waals surface area (Å²) in [6, 6.07) is 4.18. The Morgan fingerprint density at radius 1 is 1.47 bits per heavy atom. The fourth-order valence-electron chi connectivity index (χ4n) is 2.06. The molecule has 0 bridgehead atoms. The lowest BCUT2D eigenvalue weighted by Crippen LogP contribution is -2.27. The van der Waals surface area contributed by atoms with Gasteiger partial charge in [-0.1, -0.05) is 19.9 Å². The average Bonchev–Trinajstić information content (AvgIpc) is 2.06. The maximum absolute atomic E-state index is 5.82. The van der Waals surface area contributed by atoms with Gasteiger partial charge in [-0.05, 0) is 36.8 Å². The van der Waals surface area contributed by atoms with Crippen LogP contribution >= 0.6 is 0 Å². The van der Waals surface area contributed by atoms with Crippen LogP contribution in [0.25, 0.3) is 0 Å². The Morgan fingerprint density at radius 2 is 2.13 bits per heavy atom. The van der Waals surface area contributed by atoms with Gasteiger partial charge in [0, 0.05) is 12.2 Å². The minimum absolute atomic E-state index is 0.172. The van der Waals surface area contributed by atoms with E-state index in [1.54, 1.807) is 6.20 Å². The Kier molecular flexibility index (Phi) is 3.69. The van der Waals surface area contributed by atoms with Gasteiger partial charge in [0.25, 0.3) is 0 Å². The normalized spacial score (nSPS) is 13.9. The molecule has 1 heterocycles. The highest BCUT2D eigenvalue weighted by Crippen LogP contribution is 2.28. The fraction of sp³-hybridized carbons (Fsp3) is 0.583. The predicted molar refractivity (Wildman–Crippen MR) is 64.4 cm³/mol. The summed E-state index contributed by atoms with van der Waals surface area (Å²) in [4.78, 5) is 4.09. The van der Waals surface area contributed by atoms with Crippen molar-refractivity contribution < 1.29 is 0 Å². The van der Waals surface area contributed by atoms with E-state index in [9.17, 15) is 0 Å². The van der Waals surface area contributed by atoms with Crippen molar-refractivity contribution in [2.24, 2.45) is 11.1 Å². The summed E-state index contributed by atoms with van der Waals surface area (Å²) in [6.45, 7) is 6.46.